The largest absolute Gasteiger partial charge is 0.471 e. The van der Waals surface area contributed by atoms with Crippen LogP contribution in [0.5, 0.6) is 5.75 Å². The minimum atomic E-state index is -0.219. The molecule has 4 nitrogen and oxygen atoms in total. The highest BCUT2D eigenvalue weighted by Gasteiger charge is 2.28. The lowest BCUT2D eigenvalue weighted by Gasteiger charge is -2.32. The van der Waals surface area contributed by atoms with E-state index in [1.165, 1.54) is 11.1 Å². The first kappa shape index (κ1) is 16.7. The summed E-state index contributed by atoms with van der Waals surface area (Å²) in [6, 6.07) is 8.33. The summed E-state index contributed by atoms with van der Waals surface area (Å²) in [5.74, 6) is 0.630. The molecule has 2 aromatic carbocycles. The van der Waals surface area contributed by atoms with Gasteiger partial charge in [-0.1, -0.05) is 17.7 Å². The van der Waals surface area contributed by atoms with Gasteiger partial charge in [-0.05, 0) is 68.0 Å². The van der Waals surface area contributed by atoms with Crippen LogP contribution in [0.3, 0.4) is 0 Å². The van der Waals surface area contributed by atoms with Gasteiger partial charge in [0.25, 0.3) is 0 Å². The van der Waals surface area contributed by atoms with Gasteiger partial charge in [0.2, 0.25) is 0 Å². The molecule has 2 aliphatic rings. The van der Waals surface area contributed by atoms with Gasteiger partial charge >= 0.3 is 5.63 Å². The molecule has 5 heteroatoms. The number of halogens is 1. The number of ether oxygens (including phenoxy) is 1. The van der Waals surface area contributed by atoms with Crippen LogP contribution in [0.15, 0.2) is 33.5 Å². The first-order chi connectivity index (χ1) is 13.0. The molecule has 3 aromatic rings. The normalized spacial score (nSPS) is 15.6. The van der Waals surface area contributed by atoms with Crippen LogP contribution in [0.25, 0.3) is 11.0 Å². The molecule has 1 aliphatic heterocycles. The number of aryl methyl sites for hydroxylation is 3. The van der Waals surface area contributed by atoms with Crippen LogP contribution in [0.2, 0.25) is 5.02 Å². The molecule has 0 N–H and O–H groups in total. The quantitative estimate of drug-likeness (QED) is 0.562. The number of benzene rings is 2. The summed E-state index contributed by atoms with van der Waals surface area (Å²) in [6.45, 7) is 5.18. The Kier molecular flexibility index (Phi) is 3.73. The maximum atomic E-state index is 12.5. The predicted octanol–water partition coefficient (Wildman–Crippen LogP) is 4.91. The summed E-state index contributed by atoms with van der Waals surface area (Å²) < 4.78 is 11.8. The number of hydrogen-bond acceptors (Lipinski definition) is 4. The lowest BCUT2D eigenvalue weighted by atomic mass is 10.0. The highest BCUT2D eigenvalue weighted by molar-refractivity contribution is 6.33. The molecule has 5 rings (SSSR count). The second kappa shape index (κ2) is 6.03. The summed E-state index contributed by atoms with van der Waals surface area (Å²) >= 11 is 6.54. The third kappa shape index (κ3) is 2.62. The van der Waals surface area contributed by atoms with E-state index in [0.29, 0.717) is 29.6 Å². The van der Waals surface area contributed by atoms with E-state index in [9.17, 15) is 4.79 Å². The topological polar surface area (TPSA) is 42.7 Å². The molecule has 0 saturated heterocycles. The fourth-order valence-electron chi connectivity index (χ4n) is 4.41. The maximum Gasteiger partial charge on any atom is 0.339 e. The zero-order chi connectivity index (χ0) is 18.7. The molecule has 0 unspecified atom stereocenters. The van der Waals surface area contributed by atoms with Gasteiger partial charge in [-0.3, -0.25) is 0 Å². The second-order valence-corrected chi connectivity index (χ2v) is 7.97. The summed E-state index contributed by atoms with van der Waals surface area (Å²) in [4.78, 5) is 14.6. The summed E-state index contributed by atoms with van der Waals surface area (Å²) in [5.41, 5.74) is 6.66. The molecule has 2 heterocycles. The van der Waals surface area contributed by atoms with E-state index < -0.39 is 0 Å². The predicted molar refractivity (Wildman–Crippen MR) is 107 cm³/mol. The summed E-state index contributed by atoms with van der Waals surface area (Å²) in [7, 11) is 0. The highest BCUT2D eigenvalue weighted by atomic mass is 35.5. The Morgan fingerprint density at radius 1 is 1.00 bits per heavy atom. The zero-order valence-corrected chi connectivity index (χ0v) is 16.2. The molecule has 27 heavy (non-hydrogen) atoms. The van der Waals surface area contributed by atoms with Gasteiger partial charge in [-0.2, -0.15) is 0 Å². The molecule has 0 radical (unpaired) electrons. The van der Waals surface area contributed by atoms with Crippen LogP contribution in [0, 0.1) is 13.8 Å². The fourth-order valence-corrected chi connectivity index (χ4v) is 4.68. The van der Waals surface area contributed by atoms with E-state index in [2.05, 4.69) is 36.9 Å². The van der Waals surface area contributed by atoms with Crippen molar-refractivity contribution in [2.75, 3.05) is 11.6 Å². The van der Waals surface area contributed by atoms with Crippen LogP contribution < -0.4 is 15.3 Å². The monoisotopic (exact) mass is 381 g/mol. The second-order valence-electron chi connectivity index (χ2n) is 7.56. The molecular weight excluding hydrogens is 362 g/mol. The molecule has 0 bridgehead atoms. The van der Waals surface area contributed by atoms with Crippen LogP contribution in [0.4, 0.5) is 5.69 Å². The molecule has 1 aliphatic carbocycles. The van der Waals surface area contributed by atoms with Crippen LogP contribution >= 0.6 is 11.6 Å². The van der Waals surface area contributed by atoms with E-state index in [-0.39, 0.29) is 5.63 Å². The van der Waals surface area contributed by atoms with Gasteiger partial charge in [0.05, 0.1) is 17.1 Å². The first-order valence-electron chi connectivity index (χ1n) is 9.27. The number of nitrogens with zero attached hydrogens (tertiary/aromatic N) is 1. The molecule has 0 saturated carbocycles. The molecule has 1 aromatic heterocycles. The van der Waals surface area contributed by atoms with Crippen molar-refractivity contribution >= 4 is 28.3 Å². The van der Waals surface area contributed by atoms with Crippen molar-refractivity contribution < 1.29 is 9.15 Å². The lowest BCUT2D eigenvalue weighted by molar-refractivity contribution is 0.289. The van der Waals surface area contributed by atoms with Gasteiger partial charge < -0.3 is 14.1 Å². The minimum absolute atomic E-state index is 0.219. The van der Waals surface area contributed by atoms with Gasteiger partial charge in [0, 0.05) is 16.6 Å². The van der Waals surface area contributed by atoms with Gasteiger partial charge in [-0.25, -0.2) is 4.79 Å². The zero-order valence-electron chi connectivity index (χ0n) is 15.4. The molecule has 0 fully saturated rings. The van der Waals surface area contributed by atoms with Gasteiger partial charge in [0.1, 0.15) is 11.3 Å². The average molecular weight is 382 g/mol. The molecular formula is C22H20ClNO3. The van der Waals surface area contributed by atoms with E-state index in [0.717, 1.165) is 47.0 Å². The Labute approximate surface area is 162 Å². The van der Waals surface area contributed by atoms with Crippen molar-refractivity contribution in [3.05, 3.63) is 67.5 Å². The first-order valence-corrected chi connectivity index (χ1v) is 9.65. The number of hydrogen-bond donors (Lipinski definition) is 0. The van der Waals surface area contributed by atoms with Crippen molar-refractivity contribution in [1.82, 2.24) is 0 Å². The van der Waals surface area contributed by atoms with Crippen molar-refractivity contribution in [2.45, 2.75) is 39.7 Å². The maximum absolute atomic E-state index is 12.5. The molecule has 0 spiro atoms. The van der Waals surface area contributed by atoms with Crippen LogP contribution in [0.1, 0.15) is 34.2 Å². The van der Waals surface area contributed by atoms with E-state index in [1.807, 2.05) is 6.07 Å². The fraction of sp³-hybridized carbons (Fsp3) is 0.318. The SMILES string of the molecule is Cc1cc(C)cc(N2COc3c(Cl)cc4c5c(c(=O)oc4c3C2)CCC5)c1. The van der Waals surface area contributed by atoms with Crippen LogP contribution in [-0.2, 0) is 19.4 Å². The summed E-state index contributed by atoms with van der Waals surface area (Å²) in [6.07, 6.45) is 2.67. The molecule has 0 amide bonds. The van der Waals surface area contributed by atoms with Gasteiger partial charge in [0.15, 0.2) is 6.73 Å². The van der Waals surface area contributed by atoms with Crippen molar-refractivity contribution in [1.29, 1.82) is 0 Å². The number of rotatable bonds is 1. The highest BCUT2D eigenvalue weighted by Crippen LogP contribution is 2.41. The Morgan fingerprint density at radius 3 is 2.52 bits per heavy atom. The Morgan fingerprint density at radius 2 is 1.74 bits per heavy atom. The lowest BCUT2D eigenvalue weighted by Crippen LogP contribution is -2.32. The van der Waals surface area contributed by atoms with Crippen molar-refractivity contribution in [3.63, 3.8) is 0 Å². The smallest absolute Gasteiger partial charge is 0.339 e. The van der Waals surface area contributed by atoms with E-state index >= 15 is 0 Å². The average Bonchev–Trinajstić information content (AvgIpc) is 3.13. The Hall–Kier alpha value is -2.46. The third-order valence-corrected chi connectivity index (χ3v) is 5.83. The summed E-state index contributed by atoms with van der Waals surface area (Å²) in [5, 5.41) is 1.54. The van der Waals surface area contributed by atoms with Crippen molar-refractivity contribution in [3.8, 4) is 5.75 Å². The van der Waals surface area contributed by atoms with E-state index in [1.54, 1.807) is 0 Å². The Bertz CT molecular complexity index is 1130. The third-order valence-electron chi connectivity index (χ3n) is 5.55. The standard InChI is InChI=1S/C22H20ClNO3/c1-12-6-13(2)8-14(7-12)24-10-18-20-17(9-19(23)21(18)26-11-24)15-4-3-5-16(15)22(25)27-20/h6-9H,3-5,10-11H2,1-2H3. The molecule has 138 valence electrons. The van der Waals surface area contributed by atoms with Crippen LogP contribution in [-0.4, -0.2) is 6.73 Å². The number of anilines is 1. The Balaban J connectivity index is 1.69. The minimum Gasteiger partial charge on any atom is -0.471 e. The number of fused-ring (bicyclic) bond motifs is 5. The van der Waals surface area contributed by atoms with Crippen molar-refractivity contribution in [2.24, 2.45) is 0 Å². The molecule has 0 atom stereocenters. The van der Waals surface area contributed by atoms with Gasteiger partial charge in [-0.15, -0.1) is 0 Å². The van der Waals surface area contributed by atoms with E-state index in [4.69, 9.17) is 20.8 Å².